The maximum absolute atomic E-state index is 5.35. The molecule has 0 aliphatic heterocycles. The van der Waals surface area contributed by atoms with Crippen molar-refractivity contribution in [2.45, 2.75) is 45.6 Å². The van der Waals surface area contributed by atoms with Gasteiger partial charge in [-0.1, -0.05) is 25.0 Å². The molecule has 156 valence electrons. The summed E-state index contributed by atoms with van der Waals surface area (Å²) in [6.45, 7) is 5.29. The molecule has 1 saturated carbocycles. The molecular weight excluding hydrogens is 465 g/mol. The number of para-hydroxylation sites is 2. The van der Waals surface area contributed by atoms with Gasteiger partial charge in [0.05, 0.1) is 11.0 Å². The topological polar surface area (TPSA) is 63.5 Å². The number of aryl methyl sites for hydroxylation is 1. The van der Waals surface area contributed by atoms with Gasteiger partial charge in [0, 0.05) is 33.9 Å². The molecule has 0 unspecified atom stereocenters. The first-order chi connectivity index (χ1) is 13.2. The summed E-state index contributed by atoms with van der Waals surface area (Å²) in [5, 5.41) is 6.96. The summed E-state index contributed by atoms with van der Waals surface area (Å²) in [7, 11) is 3.84. The number of hydrogen-bond donors (Lipinski definition) is 2. The lowest BCUT2D eigenvalue weighted by atomic mass is 9.83. The van der Waals surface area contributed by atoms with Crippen LogP contribution in [0.1, 0.15) is 44.9 Å². The van der Waals surface area contributed by atoms with E-state index in [1.807, 2.05) is 18.2 Å². The number of rotatable bonds is 8. The smallest absolute Gasteiger partial charge is 0.191 e. The van der Waals surface area contributed by atoms with Crippen molar-refractivity contribution in [2.24, 2.45) is 17.5 Å². The van der Waals surface area contributed by atoms with Crippen molar-refractivity contribution in [3.8, 4) is 0 Å². The predicted molar refractivity (Wildman–Crippen MR) is 126 cm³/mol. The Bertz CT molecular complexity index is 767. The Hall–Kier alpha value is -1.35. The number of guanidine groups is 1. The van der Waals surface area contributed by atoms with E-state index in [4.69, 9.17) is 14.7 Å². The number of fused-ring (bicyclic) bond motifs is 1. The van der Waals surface area contributed by atoms with E-state index >= 15 is 0 Å². The zero-order chi connectivity index (χ0) is 19.1. The van der Waals surface area contributed by atoms with Crippen LogP contribution in [0.2, 0.25) is 0 Å². The van der Waals surface area contributed by atoms with Crippen LogP contribution < -0.4 is 10.6 Å². The van der Waals surface area contributed by atoms with Crippen LogP contribution in [0.4, 0.5) is 0 Å². The van der Waals surface area contributed by atoms with E-state index in [9.17, 15) is 0 Å². The van der Waals surface area contributed by atoms with Gasteiger partial charge in [-0.2, -0.15) is 0 Å². The monoisotopic (exact) mass is 499 g/mol. The van der Waals surface area contributed by atoms with Crippen molar-refractivity contribution in [1.82, 2.24) is 20.2 Å². The highest BCUT2D eigenvalue weighted by molar-refractivity contribution is 14.0. The molecule has 2 aromatic rings. The highest BCUT2D eigenvalue weighted by atomic mass is 127. The van der Waals surface area contributed by atoms with Gasteiger partial charge in [0.25, 0.3) is 0 Å². The van der Waals surface area contributed by atoms with Crippen LogP contribution in [0.25, 0.3) is 11.0 Å². The number of imidazole rings is 1. The quantitative estimate of drug-likeness (QED) is 0.329. The van der Waals surface area contributed by atoms with Crippen molar-refractivity contribution in [3.05, 3.63) is 30.1 Å². The number of nitrogens with one attached hydrogen (secondary N) is 2. The van der Waals surface area contributed by atoms with Crippen molar-refractivity contribution in [1.29, 1.82) is 0 Å². The van der Waals surface area contributed by atoms with Gasteiger partial charge < -0.3 is 19.9 Å². The van der Waals surface area contributed by atoms with Gasteiger partial charge in [-0.3, -0.25) is 0 Å². The second-order valence-electron chi connectivity index (χ2n) is 7.57. The molecule has 1 fully saturated rings. The summed E-state index contributed by atoms with van der Waals surface area (Å²) >= 11 is 0. The van der Waals surface area contributed by atoms with Crippen LogP contribution in [-0.4, -0.2) is 42.3 Å². The Balaban J connectivity index is 0.00000280. The number of halogens is 1. The molecule has 28 heavy (non-hydrogen) atoms. The molecule has 0 bridgehead atoms. The van der Waals surface area contributed by atoms with Crippen molar-refractivity contribution in [2.75, 3.05) is 26.8 Å². The number of aromatic nitrogens is 2. The second-order valence-corrected chi connectivity index (χ2v) is 7.57. The summed E-state index contributed by atoms with van der Waals surface area (Å²) < 4.78 is 7.47. The van der Waals surface area contributed by atoms with Crippen LogP contribution in [-0.2, 0) is 18.3 Å². The van der Waals surface area contributed by atoms with E-state index in [-0.39, 0.29) is 24.0 Å². The van der Waals surface area contributed by atoms with E-state index in [2.05, 4.69) is 35.2 Å². The number of aliphatic imine (C=N–C) groups is 1. The van der Waals surface area contributed by atoms with Crippen molar-refractivity contribution < 1.29 is 4.74 Å². The Kier molecular flexibility index (Phi) is 9.01. The Morgan fingerprint density at radius 1 is 1.25 bits per heavy atom. The number of methoxy groups -OCH3 is 1. The van der Waals surface area contributed by atoms with Gasteiger partial charge >= 0.3 is 0 Å². The molecule has 1 aliphatic rings. The molecule has 0 atom stereocenters. The summed E-state index contributed by atoms with van der Waals surface area (Å²) in [5.41, 5.74) is 2.50. The molecule has 0 spiro atoms. The summed E-state index contributed by atoms with van der Waals surface area (Å²) in [4.78, 5) is 9.51. The zero-order valence-corrected chi connectivity index (χ0v) is 19.7. The standard InChI is InChI=1S/C21H33N5O.HI/c1-4-22-20(24-16-21(13-14-27-3)11-7-8-12-21)23-15-19-25-17-9-5-6-10-18(17)26(19)2;/h5-6,9-10H,4,7-8,11-16H2,1-3H3,(H2,22,23,24);1H. The largest absolute Gasteiger partial charge is 0.385 e. The first-order valence-electron chi connectivity index (χ1n) is 10.1. The van der Waals surface area contributed by atoms with E-state index in [1.165, 1.54) is 25.7 Å². The first kappa shape index (κ1) is 22.9. The molecule has 3 rings (SSSR count). The molecule has 0 saturated heterocycles. The third kappa shape index (κ3) is 5.59. The number of hydrogen-bond acceptors (Lipinski definition) is 3. The minimum atomic E-state index is 0. The van der Waals surface area contributed by atoms with Crippen LogP contribution in [0.15, 0.2) is 29.3 Å². The van der Waals surface area contributed by atoms with Crippen molar-refractivity contribution in [3.63, 3.8) is 0 Å². The fourth-order valence-corrected chi connectivity index (χ4v) is 4.06. The molecule has 1 aliphatic carbocycles. The van der Waals surface area contributed by atoms with Gasteiger partial charge in [-0.05, 0) is 43.7 Å². The lowest BCUT2D eigenvalue weighted by molar-refractivity contribution is 0.138. The van der Waals surface area contributed by atoms with Crippen LogP contribution in [0, 0.1) is 5.41 Å². The maximum Gasteiger partial charge on any atom is 0.191 e. The molecule has 1 heterocycles. The third-order valence-electron chi connectivity index (χ3n) is 5.73. The minimum Gasteiger partial charge on any atom is -0.385 e. The average molecular weight is 499 g/mol. The molecule has 0 radical (unpaired) electrons. The van der Waals surface area contributed by atoms with Gasteiger partial charge in [0.15, 0.2) is 5.96 Å². The van der Waals surface area contributed by atoms with Crippen LogP contribution in [0.3, 0.4) is 0 Å². The molecule has 6 nitrogen and oxygen atoms in total. The van der Waals surface area contributed by atoms with E-state index < -0.39 is 0 Å². The van der Waals surface area contributed by atoms with Gasteiger partial charge in [-0.25, -0.2) is 9.98 Å². The molecular formula is C21H34IN5O. The summed E-state index contributed by atoms with van der Waals surface area (Å²) in [6, 6.07) is 8.21. The zero-order valence-electron chi connectivity index (χ0n) is 17.3. The van der Waals surface area contributed by atoms with Crippen molar-refractivity contribution >= 4 is 41.0 Å². The normalized spacial score (nSPS) is 16.2. The lowest BCUT2D eigenvalue weighted by Crippen LogP contribution is -2.43. The van der Waals surface area contributed by atoms with E-state index in [1.54, 1.807) is 7.11 Å². The highest BCUT2D eigenvalue weighted by Crippen LogP contribution is 2.40. The fraction of sp³-hybridized carbons (Fsp3) is 0.619. The molecule has 2 N–H and O–H groups in total. The molecule has 1 aromatic heterocycles. The molecule has 1 aromatic carbocycles. The number of nitrogens with zero attached hydrogens (tertiary/aromatic N) is 3. The van der Waals surface area contributed by atoms with Crippen LogP contribution >= 0.6 is 24.0 Å². The minimum absolute atomic E-state index is 0. The number of benzene rings is 1. The van der Waals surface area contributed by atoms with Crippen LogP contribution in [0.5, 0.6) is 0 Å². The Morgan fingerprint density at radius 3 is 2.68 bits per heavy atom. The first-order valence-corrected chi connectivity index (χ1v) is 10.1. The second kappa shape index (κ2) is 11.0. The molecule has 0 amide bonds. The Labute approximate surface area is 185 Å². The van der Waals surface area contributed by atoms with E-state index in [0.29, 0.717) is 12.0 Å². The summed E-state index contributed by atoms with van der Waals surface area (Å²) in [5.74, 6) is 1.84. The third-order valence-corrected chi connectivity index (χ3v) is 5.73. The summed E-state index contributed by atoms with van der Waals surface area (Å²) in [6.07, 6.45) is 6.29. The maximum atomic E-state index is 5.35. The average Bonchev–Trinajstić information content (AvgIpc) is 3.28. The van der Waals surface area contributed by atoms with Gasteiger partial charge in [0.1, 0.15) is 12.4 Å². The molecule has 7 heteroatoms. The number of ether oxygens (including phenoxy) is 1. The SMILES string of the molecule is CCNC(=NCc1nc2ccccc2n1C)NCC1(CCOC)CCCC1.I. The van der Waals surface area contributed by atoms with Gasteiger partial charge in [0.2, 0.25) is 0 Å². The fourth-order valence-electron chi connectivity index (χ4n) is 4.06. The lowest BCUT2D eigenvalue weighted by Gasteiger charge is -2.30. The predicted octanol–water partition coefficient (Wildman–Crippen LogP) is 3.84. The van der Waals surface area contributed by atoms with Gasteiger partial charge in [-0.15, -0.1) is 24.0 Å². The van der Waals surface area contributed by atoms with E-state index in [0.717, 1.165) is 48.9 Å². The Morgan fingerprint density at radius 2 is 2.00 bits per heavy atom. The highest BCUT2D eigenvalue weighted by Gasteiger charge is 2.33.